The van der Waals surface area contributed by atoms with Gasteiger partial charge in [-0.2, -0.15) is 14.0 Å². The second-order valence-electron chi connectivity index (χ2n) is 1.71. The molecule has 0 spiro atoms. The van der Waals surface area contributed by atoms with Crippen LogP contribution in [-0.4, -0.2) is 4.98 Å². The first-order valence-electron chi connectivity index (χ1n) is 2.57. The molecule has 1 heterocycles. The zero-order valence-corrected chi connectivity index (χ0v) is 5.11. The molecule has 1 aromatic rings. The Morgan fingerprint density at radius 3 is 2.45 bits per heavy atom. The zero-order valence-electron chi connectivity index (χ0n) is 5.11. The maximum Gasteiger partial charge on any atom is 0.253 e. The van der Waals surface area contributed by atoms with Crippen molar-refractivity contribution in [2.24, 2.45) is 0 Å². The van der Waals surface area contributed by atoms with Gasteiger partial charge in [-0.3, -0.25) is 0 Å². The Morgan fingerprint density at radius 1 is 1.36 bits per heavy atom. The number of nitrogens with zero attached hydrogens (tertiary/aromatic N) is 2. The second kappa shape index (κ2) is 2.58. The summed E-state index contributed by atoms with van der Waals surface area (Å²) in [4.78, 5) is 2.81. The summed E-state index contributed by atoms with van der Waals surface area (Å²) in [6, 6.07) is 1.90. The maximum absolute atomic E-state index is 12.2. The van der Waals surface area contributed by atoms with Crippen molar-refractivity contribution in [2.45, 2.75) is 0 Å². The molecule has 0 atom stereocenters. The van der Waals surface area contributed by atoms with Crippen LogP contribution in [0, 0.1) is 28.9 Å². The lowest BCUT2D eigenvalue weighted by atomic mass is 10.3. The van der Waals surface area contributed by atoms with Crippen LogP contribution < -0.4 is 0 Å². The summed E-state index contributed by atoms with van der Waals surface area (Å²) in [6.07, 6.45) is 0. The molecule has 11 heavy (non-hydrogen) atoms. The molecule has 2 nitrogen and oxygen atoms in total. The molecule has 0 unspecified atom stereocenters. The van der Waals surface area contributed by atoms with Crippen LogP contribution in [0.1, 0.15) is 5.69 Å². The Bertz CT molecular complexity index is 306. The van der Waals surface area contributed by atoms with Crippen LogP contribution in [0.4, 0.5) is 13.2 Å². The number of hydrogen-bond acceptors (Lipinski definition) is 2. The Balaban J connectivity index is 3.35. The molecule has 0 saturated heterocycles. The van der Waals surface area contributed by atoms with Crippen molar-refractivity contribution in [1.82, 2.24) is 4.98 Å². The van der Waals surface area contributed by atoms with Gasteiger partial charge in [0.05, 0.1) is 0 Å². The van der Waals surface area contributed by atoms with Crippen LogP contribution >= 0.6 is 0 Å². The summed E-state index contributed by atoms with van der Waals surface area (Å²) in [5.41, 5.74) is -0.485. The Labute approximate surface area is 59.9 Å². The van der Waals surface area contributed by atoms with E-state index in [4.69, 9.17) is 5.26 Å². The first-order valence-corrected chi connectivity index (χ1v) is 2.57. The molecule has 1 aromatic heterocycles. The van der Waals surface area contributed by atoms with Crippen molar-refractivity contribution < 1.29 is 13.2 Å². The van der Waals surface area contributed by atoms with E-state index in [1.807, 2.05) is 0 Å². The highest BCUT2D eigenvalue weighted by molar-refractivity contribution is 5.21. The minimum absolute atomic E-state index is 0.485. The van der Waals surface area contributed by atoms with Crippen LogP contribution in [0.15, 0.2) is 6.07 Å². The van der Waals surface area contributed by atoms with Crippen LogP contribution in [0.5, 0.6) is 0 Å². The van der Waals surface area contributed by atoms with E-state index in [1.165, 1.54) is 6.07 Å². The quantitative estimate of drug-likeness (QED) is 0.534. The van der Waals surface area contributed by atoms with Gasteiger partial charge >= 0.3 is 0 Å². The highest BCUT2D eigenvalue weighted by Gasteiger charge is 2.11. The molecule has 0 amide bonds. The first kappa shape index (κ1) is 7.54. The summed E-state index contributed by atoms with van der Waals surface area (Å²) >= 11 is 0. The molecule has 0 radical (unpaired) electrons. The Morgan fingerprint density at radius 2 is 2.00 bits per heavy atom. The van der Waals surface area contributed by atoms with E-state index in [0.29, 0.717) is 6.07 Å². The molecule has 0 N–H and O–H groups in total. The molecule has 0 aromatic carbocycles. The summed E-state index contributed by atoms with van der Waals surface area (Å²) in [5.74, 6) is -4.67. The smallest absolute Gasteiger partial charge is 0.206 e. The maximum atomic E-state index is 12.2. The van der Waals surface area contributed by atoms with Gasteiger partial charge in [-0.25, -0.2) is 9.37 Å². The van der Waals surface area contributed by atoms with E-state index in [1.54, 1.807) is 0 Å². The summed E-state index contributed by atoms with van der Waals surface area (Å²) in [7, 11) is 0. The number of rotatable bonds is 0. The zero-order chi connectivity index (χ0) is 8.43. The minimum atomic E-state index is -1.66. The molecule has 5 heteroatoms. The summed E-state index contributed by atoms with van der Waals surface area (Å²) in [5, 5.41) is 8.11. The van der Waals surface area contributed by atoms with E-state index < -0.39 is 23.3 Å². The Kier molecular flexibility index (Phi) is 1.77. The van der Waals surface area contributed by atoms with Gasteiger partial charge in [-0.15, -0.1) is 0 Å². The van der Waals surface area contributed by atoms with Crippen molar-refractivity contribution in [1.29, 1.82) is 5.26 Å². The fraction of sp³-hybridized carbons (Fsp3) is 0. The molecule has 0 fully saturated rings. The van der Waals surface area contributed by atoms with Crippen molar-refractivity contribution in [3.8, 4) is 6.07 Å². The number of hydrogen-bond donors (Lipinski definition) is 0. The van der Waals surface area contributed by atoms with Gasteiger partial charge in [0.15, 0.2) is 5.82 Å². The molecule has 0 aliphatic heterocycles. The van der Waals surface area contributed by atoms with Gasteiger partial charge in [0, 0.05) is 6.07 Å². The highest BCUT2D eigenvalue weighted by atomic mass is 19.2. The number of halogens is 3. The molecular formula is C6HF3N2. The molecule has 0 saturated carbocycles. The minimum Gasteiger partial charge on any atom is -0.206 e. The summed E-state index contributed by atoms with van der Waals surface area (Å²) < 4.78 is 36.5. The Hall–Kier alpha value is -1.57. The molecule has 0 aliphatic rings. The van der Waals surface area contributed by atoms with Gasteiger partial charge in [0.1, 0.15) is 11.8 Å². The molecule has 56 valence electrons. The topological polar surface area (TPSA) is 36.7 Å². The number of aromatic nitrogens is 1. The molecule has 1 rings (SSSR count). The van der Waals surface area contributed by atoms with Crippen LogP contribution in [0.2, 0.25) is 0 Å². The van der Waals surface area contributed by atoms with Crippen molar-refractivity contribution in [2.75, 3.05) is 0 Å². The summed E-state index contributed by atoms with van der Waals surface area (Å²) in [6.45, 7) is 0. The number of pyridine rings is 1. The third kappa shape index (κ3) is 1.29. The predicted octanol–water partition coefficient (Wildman–Crippen LogP) is 1.37. The lowest BCUT2D eigenvalue weighted by molar-refractivity contribution is 0.426. The van der Waals surface area contributed by atoms with E-state index in [9.17, 15) is 13.2 Å². The normalized spacial score (nSPS) is 9.27. The van der Waals surface area contributed by atoms with Crippen LogP contribution in [0.3, 0.4) is 0 Å². The third-order valence-corrected chi connectivity index (χ3v) is 0.987. The second-order valence-corrected chi connectivity index (χ2v) is 1.71. The lowest BCUT2D eigenvalue weighted by Gasteiger charge is -1.92. The van der Waals surface area contributed by atoms with Crippen LogP contribution in [0.25, 0.3) is 0 Å². The van der Waals surface area contributed by atoms with E-state index in [0.717, 1.165) is 0 Å². The largest absolute Gasteiger partial charge is 0.253 e. The number of nitriles is 1. The van der Waals surface area contributed by atoms with Crippen LogP contribution in [-0.2, 0) is 0 Å². The first-order chi connectivity index (χ1) is 5.15. The predicted molar refractivity (Wildman–Crippen MR) is 28.8 cm³/mol. The van der Waals surface area contributed by atoms with Crippen molar-refractivity contribution in [3.05, 3.63) is 29.3 Å². The lowest BCUT2D eigenvalue weighted by Crippen LogP contribution is -1.96. The highest BCUT2D eigenvalue weighted by Crippen LogP contribution is 2.08. The van der Waals surface area contributed by atoms with Gasteiger partial charge in [-0.1, -0.05) is 0 Å². The SMILES string of the molecule is N#Cc1cc(F)c(F)c(F)n1. The average Bonchev–Trinajstić information content (AvgIpc) is 1.99. The monoisotopic (exact) mass is 158 g/mol. The molecule has 0 aliphatic carbocycles. The van der Waals surface area contributed by atoms with Gasteiger partial charge in [0.2, 0.25) is 5.82 Å². The van der Waals surface area contributed by atoms with Gasteiger partial charge < -0.3 is 0 Å². The van der Waals surface area contributed by atoms with Gasteiger partial charge in [0.25, 0.3) is 5.95 Å². The third-order valence-electron chi connectivity index (χ3n) is 0.987. The van der Waals surface area contributed by atoms with E-state index >= 15 is 0 Å². The molecule has 0 bridgehead atoms. The standard InChI is InChI=1S/C6HF3N2/c7-4-1-3(2-10)11-6(9)5(4)8/h1H. The average molecular weight is 158 g/mol. The molecular weight excluding hydrogens is 157 g/mol. The fourth-order valence-corrected chi connectivity index (χ4v) is 0.526. The van der Waals surface area contributed by atoms with Crippen molar-refractivity contribution in [3.63, 3.8) is 0 Å². The van der Waals surface area contributed by atoms with Crippen molar-refractivity contribution >= 4 is 0 Å². The van der Waals surface area contributed by atoms with Gasteiger partial charge in [-0.05, 0) is 0 Å². The fourth-order valence-electron chi connectivity index (χ4n) is 0.526. The van der Waals surface area contributed by atoms with E-state index in [2.05, 4.69) is 4.98 Å². The van der Waals surface area contributed by atoms with E-state index in [-0.39, 0.29) is 0 Å².